The van der Waals surface area contributed by atoms with E-state index in [9.17, 15) is 0 Å². The molecule has 0 amide bonds. The van der Waals surface area contributed by atoms with E-state index in [0.29, 0.717) is 18.2 Å². The van der Waals surface area contributed by atoms with Gasteiger partial charge in [-0.2, -0.15) is 4.98 Å². The monoisotopic (exact) mass is 257 g/mol. The van der Waals surface area contributed by atoms with Gasteiger partial charge in [0, 0.05) is 12.6 Å². The van der Waals surface area contributed by atoms with Crippen LogP contribution in [0.1, 0.15) is 12.8 Å². The molecule has 0 radical (unpaired) electrons. The molecule has 0 spiro atoms. The quantitative estimate of drug-likeness (QED) is 0.725. The van der Waals surface area contributed by atoms with Crippen LogP contribution in [0.2, 0.25) is 5.15 Å². The van der Waals surface area contributed by atoms with E-state index in [4.69, 9.17) is 21.1 Å². The Morgan fingerprint density at radius 1 is 1.47 bits per heavy atom. The predicted molar refractivity (Wildman–Crippen MR) is 64.7 cm³/mol. The highest BCUT2D eigenvalue weighted by atomic mass is 35.5. The van der Waals surface area contributed by atoms with E-state index >= 15 is 0 Å². The Labute approximate surface area is 106 Å². The SMILES string of the molecule is COc1c(Cl)ncnc1OCCN(C)C1CC1. The summed E-state index contributed by atoms with van der Waals surface area (Å²) in [5.74, 6) is 0.792. The van der Waals surface area contributed by atoms with Gasteiger partial charge in [-0.1, -0.05) is 11.6 Å². The first-order chi connectivity index (χ1) is 8.22. The van der Waals surface area contributed by atoms with Crippen LogP contribution in [0.3, 0.4) is 0 Å². The molecule has 0 bridgehead atoms. The Hall–Kier alpha value is -1.07. The van der Waals surface area contributed by atoms with Gasteiger partial charge in [-0.15, -0.1) is 0 Å². The summed E-state index contributed by atoms with van der Waals surface area (Å²) in [4.78, 5) is 10.1. The number of rotatable bonds is 6. The van der Waals surface area contributed by atoms with Gasteiger partial charge in [-0.3, -0.25) is 0 Å². The number of hydrogen-bond donors (Lipinski definition) is 0. The number of hydrogen-bond acceptors (Lipinski definition) is 5. The fourth-order valence-electron chi connectivity index (χ4n) is 1.60. The Morgan fingerprint density at radius 2 is 2.24 bits per heavy atom. The van der Waals surface area contributed by atoms with Crippen LogP contribution in [0.5, 0.6) is 11.6 Å². The van der Waals surface area contributed by atoms with Crippen molar-refractivity contribution in [2.75, 3.05) is 27.3 Å². The van der Waals surface area contributed by atoms with Crippen molar-refractivity contribution in [3.05, 3.63) is 11.5 Å². The molecule has 0 unspecified atom stereocenters. The van der Waals surface area contributed by atoms with Crippen molar-refractivity contribution in [3.8, 4) is 11.6 Å². The topological polar surface area (TPSA) is 47.5 Å². The highest BCUT2D eigenvalue weighted by Gasteiger charge is 2.25. The van der Waals surface area contributed by atoms with Crippen LogP contribution >= 0.6 is 11.6 Å². The molecular formula is C11H16ClN3O2. The molecule has 94 valence electrons. The minimum absolute atomic E-state index is 0.271. The van der Waals surface area contributed by atoms with Crippen molar-refractivity contribution in [3.63, 3.8) is 0 Å². The average molecular weight is 258 g/mol. The van der Waals surface area contributed by atoms with Crippen LogP contribution in [0.25, 0.3) is 0 Å². The average Bonchev–Trinajstić information content (AvgIpc) is 3.13. The third kappa shape index (κ3) is 3.20. The smallest absolute Gasteiger partial charge is 0.261 e. The van der Waals surface area contributed by atoms with Gasteiger partial charge in [0.05, 0.1) is 7.11 Å². The van der Waals surface area contributed by atoms with Crippen LogP contribution in [0, 0.1) is 0 Å². The summed E-state index contributed by atoms with van der Waals surface area (Å²) in [5, 5.41) is 0.271. The Balaban J connectivity index is 1.87. The van der Waals surface area contributed by atoms with E-state index < -0.39 is 0 Å². The lowest BCUT2D eigenvalue weighted by molar-refractivity contribution is 0.218. The number of aromatic nitrogens is 2. The lowest BCUT2D eigenvalue weighted by Crippen LogP contribution is -2.26. The Bertz CT molecular complexity index is 385. The van der Waals surface area contributed by atoms with Crippen molar-refractivity contribution in [2.24, 2.45) is 0 Å². The molecule has 0 N–H and O–H groups in total. The molecule has 0 atom stereocenters. The molecular weight excluding hydrogens is 242 g/mol. The summed E-state index contributed by atoms with van der Waals surface area (Å²) in [6, 6.07) is 0.731. The zero-order valence-corrected chi connectivity index (χ0v) is 10.8. The Morgan fingerprint density at radius 3 is 2.88 bits per heavy atom. The summed E-state index contributed by atoms with van der Waals surface area (Å²) in [7, 11) is 3.62. The predicted octanol–water partition coefficient (Wildman–Crippen LogP) is 1.61. The second kappa shape index (κ2) is 5.51. The molecule has 0 saturated heterocycles. The zero-order valence-electron chi connectivity index (χ0n) is 10.0. The van der Waals surface area contributed by atoms with Crippen molar-refractivity contribution in [1.82, 2.24) is 14.9 Å². The van der Waals surface area contributed by atoms with E-state index in [1.165, 1.54) is 26.3 Å². The maximum absolute atomic E-state index is 5.86. The summed E-state index contributed by atoms with van der Waals surface area (Å²) in [5.41, 5.74) is 0. The maximum Gasteiger partial charge on any atom is 0.261 e. The first-order valence-electron chi connectivity index (χ1n) is 5.60. The molecule has 5 nitrogen and oxygen atoms in total. The van der Waals surface area contributed by atoms with E-state index in [0.717, 1.165) is 12.6 Å². The second-order valence-electron chi connectivity index (χ2n) is 4.06. The molecule has 17 heavy (non-hydrogen) atoms. The molecule has 1 saturated carbocycles. The van der Waals surface area contributed by atoms with Gasteiger partial charge in [-0.05, 0) is 19.9 Å². The van der Waals surface area contributed by atoms with Gasteiger partial charge in [0.2, 0.25) is 5.75 Å². The van der Waals surface area contributed by atoms with Crippen LogP contribution < -0.4 is 9.47 Å². The van der Waals surface area contributed by atoms with Crippen LogP contribution in [0.4, 0.5) is 0 Å². The summed E-state index contributed by atoms with van der Waals surface area (Å²) in [6.07, 6.45) is 3.95. The van der Waals surface area contributed by atoms with Gasteiger partial charge in [-0.25, -0.2) is 4.98 Å². The molecule has 0 aromatic carbocycles. The van der Waals surface area contributed by atoms with E-state index in [1.807, 2.05) is 0 Å². The summed E-state index contributed by atoms with van der Waals surface area (Å²) < 4.78 is 10.7. The molecule has 6 heteroatoms. The number of nitrogens with zero attached hydrogens (tertiary/aromatic N) is 3. The van der Waals surface area contributed by atoms with E-state index in [-0.39, 0.29) is 5.15 Å². The molecule has 1 aromatic rings. The molecule has 0 aliphatic heterocycles. The fourth-order valence-corrected chi connectivity index (χ4v) is 1.80. The van der Waals surface area contributed by atoms with Gasteiger partial charge in [0.1, 0.15) is 12.9 Å². The minimum Gasteiger partial charge on any atom is -0.489 e. The molecule has 1 aliphatic rings. The van der Waals surface area contributed by atoms with E-state index in [2.05, 4.69) is 21.9 Å². The largest absolute Gasteiger partial charge is 0.489 e. The van der Waals surface area contributed by atoms with Crippen LogP contribution in [0.15, 0.2) is 6.33 Å². The third-order valence-corrected chi connectivity index (χ3v) is 3.05. The standard InChI is InChI=1S/C11H16ClN3O2/c1-15(8-3-4-8)5-6-17-11-9(16-2)10(12)13-7-14-11/h7-8H,3-6H2,1-2H3. The zero-order chi connectivity index (χ0) is 12.3. The van der Waals surface area contributed by atoms with E-state index in [1.54, 1.807) is 0 Å². The Kier molecular flexibility index (Phi) is 4.02. The molecule has 1 fully saturated rings. The lowest BCUT2D eigenvalue weighted by Gasteiger charge is -2.16. The van der Waals surface area contributed by atoms with Crippen molar-refractivity contribution < 1.29 is 9.47 Å². The highest BCUT2D eigenvalue weighted by Crippen LogP contribution is 2.30. The van der Waals surface area contributed by atoms with Crippen molar-refractivity contribution >= 4 is 11.6 Å². The second-order valence-corrected chi connectivity index (χ2v) is 4.42. The fraction of sp³-hybridized carbons (Fsp3) is 0.636. The molecule has 1 aromatic heterocycles. The third-order valence-electron chi connectivity index (χ3n) is 2.78. The number of methoxy groups -OCH3 is 1. The van der Waals surface area contributed by atoms with Gasteiger partial charge >= 0.3 is 0 Å². The molecule has 2 rings (SSSR count). The van der Waals surface area contributed by atoms with Gasteiger partial charge in [0.15, 0.2) is 5.15 Å². The summed E-state index contributed by atoms with van der Waals surface area (Å²) in [6.45, 7) is 1.44. The minimum atomic E-state index is 0.271. The lowest BCUT2D eigenvalue weighted by atomic mass is 10.5. The van der Waals surface area contributed by atoms with Crippen LogP contribution in [-0.4, -0.2) is 48.2 Å². The van der Waals surface area contributed by atoms with Crippen molar-refractivity contribution in [1.29, 1.82) is 0 Å². The van der Waals surface area contributed by atoms with Gasteiger partial charge < -0.3 is 14.4 Å². The highest BCUT2D eigenvalue weighted by molar-refractivity contribution is 6.31. The summed E-state index contributed by atoms with van der Waals surface area (Å²) >= 11 is 5.86. The van der Waals surface area contributed by atoms with Crippen LogP contribution in [-0.2, 0) is 0 Å². The number of ether oxygens (including phenoxy) is 2. The first-order valence-corrected chi connectivity index (χ1v) is 5.97. The van der Waals surface area contributed by atoms with Crippen molar-refractivity contribution in [2.45, 2.75) is 18.9 Å². The first kappa shape index (κ1) is 12.4. The number of likely N-dealkylation sites (N-methyl/N-ethyl adjacent to an activating group) is 1. The molecule has 1 aliphatic carbocycles. The van der Waals surface area contributed by atoms with Gasteiger partial charge in [0.25, 0.3) is 5.88 Å². The number of halogens is 1. The molecule has 1 heterocycles. The maximum atomic E-state index is 5.86. The normalized spacial score (nSPS) is 15.1.